The summed E-state index contributed by atoms with van der Waals surface area (Å²) in [5, 5.41) is 8.57. The van der Waals surface area contributed by atoms with E-state index in [1.165, 1.54) is 5.56 Å². The van der Waals surface area contributed by atoms with Crippen molar-refractivity contribution in [3.63, 3.8) is 0 Å². The third kappa shape index (κ3) is 2.56. The van der Waals surface area contributed by atoms with Crippen LogP contribution < -0.4 is 11.5 Å². The Labute approximate surface area is 126 Å². The molecule has 3 rings (SSSR count). The largest absolute Gasteiger partial charge is 0.385 e. The number of fused-ring (bicyclic) bond motifs is 1. The van der Waals surface area contributed by atoms with Crippen LogP contribution in [0.25, 0.3) is 0 Å². The number of aryl methyl sites for hydroxylation is 1. The number of nitrogens with one attached hydrogen (secondary N) is 1. The molecule has 0 bridgehead atoms. The lowest BCUT2D eigenvalue weighted by molar-refractivity contribution is 0.126. The molecule has 0 saturated carbocycles. The van der Waals surface area contributed by atoms with E-state index in [0.717, 1.165) is 55.6 Å². The minimum Gasteiger partial charge on any atom is -0.385 e. The Morgan fingerprint density at radius 2 is 2.10 bits per heavy atom. The van der Waals surface area contributed by atoms with Gasteiger partial charge in [-0.05, 0) is 44.2 Å². The number of hydrogen-bond donors (Lipinski definition) is 3. The molecular weight excluding hydrogens is 260 g/mol. The smallest absolute Gasteiger partial charge is 0.104 e. The Hall–Kier alpha value is -1.81. The first-order valence-electron chi connectivity index (χ1n) is 7.85. The molecule has 2 aliphatic rings. The van der Waals surface area contributed by atoms with Crippen LogP contribution in [0, 0.1) is 5.41 Å². The number of likely N-dealkylation sites (tertiary alicyclic amines) is 1. The molecule has 0 spiro atoms. The van der Waals surface area contributed by atoms with Crippen molar-refractivity contribution in [1.82, 2.24) is 4.90 Å². The van der Waals surface area contributed by atoms with Crippen molar-refractivity contribution in [2.24, 2.45) is 11.5 Å². The standard InChI is InChI=1S/C17H24N4/c18-10-8-13-9-11-21(13)17(20)15-7-3-5-12-4-1-2-6-14(12)16(15)19/h1-2,4,6,13,19H,3,5,7-11,18,20H2/b17-15+,19-16?. The monoisotopic (exact) mass is 284 g/mol. The lowest BCUT2D eigenvalue weighted by Crippen LogP contribution is -2.50. The summed E-state index contributed by atoms with van der Waals surface area (Å²) in [6, 6.07) is 8.70. The Morgan fingerprint density at radius 1 is 1.29 bits per heavy atom. The van der Waals surface area contributed by atoms with Gasteiger partial charge in [-0.2, -0.15) is 0 Å². The number of allylic oxidation sites excluding steroid dienone is 1. The topological polar surface area (TPSA) is 79.1 Å². The normalized spacial score (nSPS) is 24.1. The van der Waals surface area contributed by atoms with Crippen molar-refractivity contribution in [2.75, 3.05) is 13.1 Å². The van der Waals surface area contributed by atoms with Crippen LogP contribution in [0.3, 0.4) is 0 Å². The van der Waals surface area contributed by atoms with Crippen molar-refractivity contribution in [3.8, 4) is 0 Å². The van der Waals surface area contributed by atoms with E-state index in [1.807, 2.05) is 12.1 Å². The maximum absolute atomic E-state index is 8.57. The van der Waals surface area contributed by atoms with E-state index >= 15 is 0 Å². The number of nitrogens with two attached hydrogens (primary N) is 2. The maximum Gasteiger partial charge on any atom is 0.104 e. The zero-order valence-electron chi connectivity index (χ0n) is 12.4. The molecule has 112 valence electrons. The van der Waals surface area contributed by atoms with Crippen LogP contribution in [0.2, 0.25) is 0 Å². The minimum absolute atomic E-state index is 0.466. The van der Waals surface area contributed by atoms with Crippen molar-refractivity contribution < 1.29 is 0 Å². The molecule has 0 radical (unpaired) electrons. The van der Waals surface area contributed by atoms with Gasteiger partial charge in [-0.1, -0.05) is 24.3 Å². The van der Waals surface area contributed by atoms with E-state index < -0.39 is 0 Å². The first-order valence-corrected chi connectivity index (χ1v) is 7.85. The molecule has 1 aromatic carbocycles. The number of nitrogens with zero attached hydrogens (tertiary/aromatic N) is 1. The lowest BCUT2D eigenvalue weighted by atomic mass is 9.95. The summed E-state index contributed by atoms with van der Waals surface area (Å²) in [6.45, 7) is 1.69. The average molecular weight is 284 g/mol. The lowest BCUT2D eigenvalue weighted by Gasteiger charge is -2.43. The van der Waals surface area contributed by atoms with Crippen LogP contribution in [0.5, 0.6) is 0 Å². The van der Waals surface area contributed by atoms with E-state index in [0.29, 0.717) is 18.3 Å². The molecular formula is C17H24N4. The van der Waals surface area contributed by atoms with Gasteiger partial charge >= 0.3 is 0 Å². The zero-order chi connectivity index (χ0) is 14.8. The molecule has 1 aliphatic heterocycles. The second-order valence-electron chi connectivity index (χ2n) is 5.96. The highest BCUT2D eigenvalue weighted by Crippen LogP contribution is 2.30. The molecule has 4 nitrogen and oxygen atoms in total. The molecule has 1 heterocycles. The SMILES string of the molecule is N=C1/C(=C(\N)N2CCC2CCN)CCCc2ccccc21. The molecule has 4 heteroatoms. The van der Waals surface area contributed by atoms with Gasteiger partial charge in [0.05, 0.1) is 5.71 Å². The van der Waals surface area contributed by atoms with E-state index in [4.69, 9.17) is 16.9 Å². The van der Waals surface area contributed by atoms with Gasteiger partial charge in [-0.25, -0.2) is 0 Å². The Bertz CT molecular complexity index is 576. The fourth-order valence-electron chi connectivity index (χ4n) is 3.41. The molecule has 1 unspecified atom stereocenters. The van der Waals surface area contributed by atoms with Crippen molar-refractivity contribution >= 4 is 5.71 Å². The van der Waals surface area contributed by atoms with Crippen LogP contribution in [0.1, 0.15) is 36.8 Å². The van der Waals surface area contributed by atoms with Crippen LogP contribution >= 0.6 is 0 Å². The Kier molecular flexibility index (Phi) is 3.97. The third-order valence-corrected chi connectivity index (χ3v) is 4.72. The quantitative estimate of drug-likeness (QED) is 0.743. The summed E-state index contributed by atoms with van der Waals surface area (Å²) in [6.07, 6.45) is 5.13. The van der Waals surface area contributed by atoms with Crippen molar-refractivity contribution in [3.05, 3.63) is 46.8 Å². The first-order chi connectivity index (χ1) is 10.2. The highest BCUT2D eigenvalue weighted by molar-refractivity contribution is 6.12. The van der Waals surface area contributed by atoms with Gasteiger partial charge in [-0.15, -0.1) is 0 Å². The average Bonchev–Trinajstić information content (AvgIpc) is 2.63. The Morgan fingerprint density at radius 3 is 2.81 bits per heavy atom. The third-order valence-electron chi connectivity index (χ3n) is 4.72. The number of hydrogen-bond acceptors (Lipinski definition) is 4. The molecule has 1 saturated heterocycles. The fourth-order valence-corrected chi connectivity index (χ4v) is 3.41. The second-order valence-corrected chi connectivity index (χ2v) is 5.96. The van der Waals surface area contributed by atoms with Gasteiger partial charge in [0, 0.05) is 23.7 Å². The van der Waals surface area contributed by atoms with Gasteiger partial charge < -0.3 is 16.4 Å². The summed E-state index contributed by atoms with van der Waals surface area (Å²) < 4.78 is 0. The summed E-state index contributed by atoms with van der Waals surface area (Å²) in [5.74, 6) is 0.807. The van der Waals surface area contributed by atoms with Crippen LogP contribution in [-0.2, 0) is 6.42 Å². The van der Waals surface area contributed by atoms with E-state index in [-0.39, 0.29) is 0 Å². The highest BCUT2D eigenvalue weighted by atomic mass is 15.3. The molecule has 1 atom stereocenters. The van der Waals surface area contributed by atoms with Gasteiger partial charge in [0.1, 0.15) is 5.82 Å². The maximum atomic E-state index is 8.57. The molecule has 1 aromatic rings. The van der Waals surface area contributed by atoms with Gasteiger partial charge in [0.2, 0.25) is 0 Å². The molecule has 0 amide bonds. The van der Waals surface area contributed by atoms with Gasteiger partial charge in [0.25, 0.3) is 0 Å². The predicted molar refractivity (Wildman–Crippen MR) is 86.2 cm³/mol. The number of rotatable bonds is 3. The summed E-state index contributed by atoms with van der Waals surface area (Å²) >= 11 is 0. The van der Waals surface area contributed by atoms with Crippen LogP contribution in [0.15, 0.2) is 35.7 Å². The zero-order valence-corrected chi connectivity index (χ0v) is 12.4. The van der Waals surface area contributed by atoms with Gasteiger partial charge in [0.15, 0.2) is 0 Å². The Balaban J connectivity index is 1.91. The molecule has 1 fully saturated rings. The van der Waals surface area contributed by atoms with E-state index in [9.17, 15) is 0 Å². The molecule has 5 N–H and O–H groups in total. The fraction of sp³-hybridized carbons (Fsp3) is 0.471. The first kappa shape index (κ1) is 14.1. The van der Waals surface area contributed by atoms with E-state index in [1.54, 1.807) is 0 Å². The molecule has 0 aromatic heterocycles. The van der Waals surface area contributed by atoms with E-state index in [2.05, 4.69) is 17.0 Å². The van der Waals surface area contributed by atoms with Crippen LogP contribution in [-0.4, -0.2) is 29.7 Å². The van der Waals surface area contributed by atoms with Gasteiger partial charge in [-0.3, -0.25) is 5.41 Å². The predicted octanol–water partition coefficient (Wildman–Crippen LogP) is 1.98. The van der Waals surface area contributed by atoms with Crippen molar-refractivity contribution in [2.45, 2.75) is 38.1 Å². The summed E-state index contributed by atoms with van der Waals surface area (Å²) in [4.78, 5) is 2.24. The summed E-state index contributed by atoms with van der Waals surface area (Å²) in [5.41, 5.74) is 16.0. The number of benzene rings is 1. The molecule has 21 heavy (non-hydrogen) atoms. The highest BCUT2D eigenvalue weighted by Gasteiger charge is 2.30. The van der Waals surface area contributed by atoms with Crippen LogP contribution in [0.4, 0.5) is 0 Å². The molecule has 1 aliphatic carbocycles. The van der Waals surface area contributed by atoms with Crippen molar-refractivity contribution in [1.29, 1.82) is 5.41 Å². The second kappa shape index (κ2) is 5.90. The minimum atomic E-state index is 0.466. The summed E-state index contributed by atoms with van der Waals surface area (Å²) in [7, 11) is 0.